The molecule has 10 heteroatoms. The largest absolute Gasteiger partial charge is 0.415 e. The monoisotopic (exact) mass is 405 g/mol. The normalized spacial score (nSPS) is 12.2. The van der Waals surface area contributed by atoms with Crippen LogP contribution in [-0.2, 0) is 11.2 Å². The highest BCUT2D eigenvalue weighted by molar-refractivity contribution is 5.72. The third kappa shape index (κ3) is 5.15. The third-order valence-electron chi connectivity index (χ3n) is 4.38. The first kappa shape index (κ1) is 20.4. The van der Waals surface area contributed by atoms with Gasteiger partial charge in [0.05, 0.1) is 5.56 Å². The molecular weight excluding hydrogens is 387 g/mol. The van der Waals surface area contributed by atoms with Gasteiger partial charge in [0.2, 0.25) is 5.91 Å². The third-order valence-corrected chi connectivity index (χ3v) is 4.38. The molecule has 1 unspecified atom stereocenters. The van der Waals surface area contributed by atoms with E-state index in [4.69, 9.17) is 4.42 Å². The van der Waals surface area contributed by atoms with Crippen LogP contribution >= 0.6 is 0 Å². The number of hydrogen-bond donors (Lipinski definition) is 0. The Hall–Kier alpha value is -3.30. The van der Waals surface area contributed by atoms with Crippen molar-refractivity contribution < 1.29 is 22.4 Å². The summed E-state index contributed by atoms with van der Waals surface area (Å²) in [5.41, 5.74) is 1.15. The van der Waals surface area contributed by atoms with Crippen molar-refractivity contribution in [1.82, 2.24) is 25.1 Å². The van der Waals surface area contributed by atoms with Gasteiger partial charge in [-0.25, -0.2) is 14.4 Å². The highest BCUT2D eigenvalue weighted by atomic mass is 19.3. The van der Waals surface area contributed by atoms with Gasteiger partial charge in [-0.15, -0.1) is 10.2 Å². The van der Waals surface area contributed by atoms with E-state index >= 15 is 0 Å². The maximum atomic E-state index is 13.3. The van der Waals surface area contributed by atoms with Gasteiger partial charge in [0.1, 0.15) is 11.6 Å². The van der Waals surface area contributed by atoms with E-state index in [2.05, 4.69) is 20.2 Å². The molecule has 1 atom stereocenters. The maximum Gasteiger partial charge on any atom is 0.314 e. The molecule has 1 amide bonds. The molecule has 0 saturated carbocycles. The Bertz CT molecular complexity index is 961. The van der Waals surface area contributed by atoms with Gasteiger partial charge in [-0.1, -0.05) is 12.1 Å². The first-order valence-corrected chi connectivity index (χ1v) is 8.73. The number of nitrogens with zero attached hydrogens (tertiary/aromatic N) is 5. The Morgan fingerprint density at radius 2 is 1.79 bits per heavy atom. The summed E-state index contributed by atoms with van der Waals surface area (Å²) in [6.45, 7) is 1.86. The summed E-state index contributed by atoms with van der Waals surface area (Å²) in [5.74, 6) is -1.01. The number of rotatable bonds is 7. The second-order valence-corrected chi connectivity index (χ2v) is 6.49. The van der Waals surface area contributed by atoms with Gasteiger partial charge in [0, 0.05) is 45.2 Å². The lowest BCUT2D eigenvalue weighted by Crippen LogP contribution is -2.30. The zero-order chi connectivity index (χ0) is 21.0. The summed E-state index contributed by atoms with van der Waals surface area (Å²) in [5, 5.41) is 6.83. The first-order chi connectivity index (χ1) is 13.8. The fraction of sp³-hybridized carbons (Fsp3) is 0.316. The molecule has 3 rings (SSSR count). The van der Waals surface area contributed by atoms with E-state index in [1.807, 2.05) is 0 Å². The topological polar surface area (TPSA) is 85.0 Å². The van der Waals surface area contributed by atoms with Crippen LogP contribution in [0.5, 0.6) is 0 Å². The number of alkyl halides is 2. The Labute approximate surface area is 164 Å². The van der Waals surface area contributed by atoms with E-state index in [0.29, 0.717) is 24.4 Å². The van der Waals surface area contributed by atoms with Crippen LogP contribution in [-0.4, -0.2) is 44.6 Å². The number of carbonyl (C=O) groups excluding carboxylic acids is 1. The molecule has 0 aliphatic heterocycles. The molecule has 0 saturated heterocycles. The van der Waals surface area contributed by atoms with Crippen LogP contribution in [0.15, 0.2) is 41.1 Å². The van der Waals surface area contributed by atoms with Crippen LogP contribution in [0.4, 0.5) is 13.2 Å². The molecule has 0 radical (unpaired) electrons. The van der Waals surface area contributed by atoms with Gasteiger partial charge >= 0.3 is 6.43 Å². The van der Waals surface area contributed by atoms with Crippen molar-refractivity contribution in [3.05, 3.63) is 59.8 Å². The number of aromatic nitrogens is 4. The molecule has 29 heavy (non-hydrogen) atoms. The van der Waals surface area contributed by atoms with E-state index in [1.54, 1.807) is 24.1 Å². The summed E-state index contributed by atoms with van der Waals surface area (Å²) in [7, 11) is 1.68. The van der Waals surface area contributed by atoms with Crippen LogP contribution < -0.4 is 0 Å². The van der Waals surface area contributed by atoms with Crippen molar-refractivity contribution in [2.45, 2.75) is 25.7 Å². The van der Waals surface area contributed by atoms with Crippen molar-refractivity contribution in [2.24, 2.45) is 0 Å². The molecule has 0 aliphatic rings. The van der Waals surface area contributed by atoms with Crippen LogP contribution in [0.2, 0.25) is 0 Å². The average molecular weight is 405 g/mol. The Balaban J connectivity index is 1.79. The van der Waals surface area contributed by atoms with E-state index in [0.717, 1.165) is 5.56 Å². The lowest BCUT2D eigenvalue weighted by atomic mass is 9.94. The van der Waals surface area contributed by atoms with Crippen molar-refractivity contribution in [1.29, 1.82) is 0 Å². The zero-order valence-corrected chi connectivity index (χ0v) is 15.7. The minimum atomic E-state index is -2.86. The molecule has 0 N–H and O–H groups in total. The van der Waals surface area contributed by atoms with Crippen molar-refractivity contribution in [3.8, 4) is 11.5 Å². The zero-order valence-electron chi connectivity index (χ0n) is 15.7. The van der Waals surface area contributed by atoms with Crippen LogP contribution in [0.25, 0.3) is 11.5 Å². The number of halogens is 3. The molecule has 1 aromatic carbocycles. The van der Waals surface area contributed by atoms with Crippen LogP contribution in [0.3, 0.4) is 0 Å². The standard InChI is InChI=1S/C19H18F3N5O2/c1-11(28)27(2)10-13(12-3-5-15(20)6-4-12)7-16-23-8-14(9-24-16)18-25-26-19(29-18)17(21)22/h3-6,8-9,13,17H,7,10H2,1-2H3. The maximum absolute atomic E-state index is 13.3. The molecule has 0 aliphatic carbocycles. The minimum absolute atomic E-state index is 0.0976. The fourth-order valence-corrected chi connectivity index (χ4v) is 2.71. The molecule has 0 fully saturated rings. The lowest BCUT2D eigenvalue weighted by molar-refractivity contribution is -0.127. The molecule has 7 nitrogen and oxygen atoms in total. The molecular formula is C19H18F3N5O2. The summed E-state index contributed by atoms with van der Waals surface area (Å²) >= 11 is 0. The lowest BCUT2D eigenvalue weighted by Gasteiger charge is -2.23. The minimum Gasteiger partial charge on any atom is -0.415 e. The van der Waals surface area contributed by atoms with Crippen LogP contribution in [0, 0.1) is 5.82 Å². The van der Waals surface area contributed by atoms with E-state index < -0.39 is 12.3 Å². The predicted molar refractivity (Wildman–Crippen MR) is 96.4 cm³/mol. The highest BCUT2D eigenvalue weighted by Crippen LogP contribution is 2.24. The van der Waals surface area contributed by atoms with Crippen LogP contribution in [0.1, 0.15) is 36.5 Å². The Morgan fingerprint density at radius 1 is 1.14 bits per heavy atom. The van der Waals surface area contributed by atoms with Crippen molar-refractivity contribution in [2.75, 3.05) is 13.6 Å². The molecule has 3 aromatic rings. The Morgan fingerprint density at radius 3 is 2.34 bits per heavy atom. The number of hydrogen-bond acceptors (Lipinski definition) is 6. The SMILES string of the molecule is CC(=O)N(C)CC(Cc1ncc(-c2nnc(C(F)F)o2)cn1)c1ccc(F)cc1. The van der Waals surface area contributed by atoms with Gasteiger partial charge in [0.25, 0.3) is 11.8 Å². The summed E-state index contributed by atoms with van der Waals surface area (Å²) in [6.07, 6.45) is 0.338. The van der Waals surface area contributed by atoms with Gasteiger partial charge in [0.15, 0.2) is 0 Å². The van der Waals surface area contributed by atoms with Gasteiger partial charge in [-0.3, -0.25) is 4.79 Å². The van der Waals surface area contributed by atoms with Crippen molar-refractivity contribution >= 4 is 5.91 Å². The number of likely N-dealkylation sites (N-methyl/N-ethyl adjacent to an activating group) is 1. The molecule has 152 valence electrons. The van der Waals surface area contributed by atoms with Crippen molar-refractivity contribution in [3.63, 3.8) is 0 Å². The first-order valence-electron chi connectivity index (χ1n) is 8.73. The molecule has 2 aromatic heterocycles. The van der Waals surface area contributed by atoms with E-state index in [-0.39, 0.29) is 23.5 Å². The Kier molecular flexibility index (Phi) is 6.20. The summed E-state index contributed by atoms with van der Waals surface area (Å²) in [6, 6.07) is 6.03. The predicted octanol–water partition coefficient (Wildman–Crippen LogP) is 3.41. The average Bonchev–Trinajstić information content (AvgIpc) is 3.19. The van der Waals surface area contributed by atoms with Gasteiger partial charge in [-0.2, -0.15) is 8.78 Å². The second kappa shape index (κ2) is 8.80. The van der Waals surface area contributed by atoms with E-state index in [9.17, 15) is 18.0 Å². The highest BCUT2D eigenvalue weighted by Gasteiger charge is 2.20. The number of amides is 1. The van der Waals surface area contributed by atoms with E-state index in [1.165, 1.54) is 31.5 Å². The number of carbonyl (C=O) groups is 1. The van der Waals surface area contributed by atoms with Gasteiger partial charge < -0.3 is 9.32 Å². The molecule has 2 heterocycles. The second-order valence-electron chi connectivity index (χ2n) is 6.49. The summed E-state index contributed by atoms with van der Waals surface area (Å²) < 4.78 is 43.3. The molecule has 0 spiro atoms. The summed E-state index contributed by atoms with van der Waals surface area (Å²) in [4.78, 5) is 21.7. The molecule has 0 bridgehead atoms. The number of benzene rings is 1. The smallest absolute Gasteiger partial charge is 0.314 e. The fourth-order valence-electron chi connectivity index (χ4n) is 2.71. The quantitative estimate of drug-likeness (QED) is 0.599. The van der Waals surface area contributed by atoms with Gasteiger partial charge in [-0.05, 0) is 17.7 Å².